The molecule has 4 nitrogen and oxygen atoms in total. The van der Waals surface area contributed by atoms with Gasteiger partial charge in [-0.15, -0.1) is 0 Å². The summed E-state index contributed by atoms with van der Waals surface area (Å²) in [4.78, 5) is 0. The van der Waals surface area contributed by atoms with Crippen LogP contribution in [0.3, 0.4) is 0 Å². The quantitative estimate of drug-likeness (QED) is 0.853. The van der Waals surface area contributed by atoms with Crippen molar-refractivity contribution in [1.82, 2.24) is 15.1 Å². The molecule has 1 atom stereocenters. The van der Waals surface area contributed by atoms with Crippen LogP contribution in [0.2, 0.25) is 5.02 Å². The summed E-state index contributed by atoms with van der Waals surface area (Å²) in [6, 6.07) is 7.70. The molecule has 1 heterocycles. The van der Waals surface area contributed by atoms with Crippen molar-refractivity contribution in [2.45, 2.75) is 19.4 Å². The maximum absolute atomic E-state index is 5.86. The van der Waals surface area contributed by atoms with Crippen LogP contribution in [0.1, 0.15) is 12.5 Å². The molecule has 0 amide bonds. The molecule has 0 aliphatic carbocycles. The molecule has 0 aliphatic heterocycles. The van der Waals surface area contributed by atoms with E-state index in [1.165, 1.54) is 5.56 Å². The molecular weight excluding hydrogens is 274 g/mol. The van der Waals surface area contributed by atoms with E-state index < -0.39 is 0 Å². The molecule has 1 N–H and O–H groups in total. The highest BCUT2D eigenvalue weighted by molar-refractivity contribution is 6.30. The fraction of sp³-hybridized carbons (Fsp3) is 0.400. The number of nitrogens with one attached hydrogen (secondary N) is 1. The number of rotatable bonds is 7. The van der Waals surface area contributed by atoms with Crippen LogP contribution >= 0.6 is 11.6 Å². The summed E-state index contributed by atoms with van der Waals surface area (Å²) in [5, 5.41) is 8.34. The van der Waals surface area contributed by atoms with Crippen LogP contribution in [0, 0.1) is 0 Å². The minimum atomic E-state index is 0.264. The van der Waals surface area contributed by atoms with Crippen LogP contribution in [0.4, 0.5) is 0 Å². The summed E-state index contributed by atoms with van der Waals surface area (Å²) in [5.41, 5.74) is 1.21. The van der Waals surface area contributed by atoms with Gasteiger partial charge in [-0.25, -0.2) is 0 Å². The van der Waals surface area contributed by atoms with E-state index in [9.17, 15) is 0 Å². The van der Waals surface area contributed by atoms with Gasteiger partial charge in [0.2, 0.25) is 0 Å². The van der Waals surface area contributed by atoms with Crippen molar-refractivity contribution in [3.05, 3.63) is 47.2 Å². The molecule has 2 rings (SSSR count). The smallest absolute Gasteiger partial charge is 0.119 e. The topological polar surface area (TPSA) is 39.1 Å². The summed E-state index contributed by atoms with van der Waals surface area (Å²) in [7, 11) is 1.93. The van der Waals surface area contributed by atoms with Gasteiger partial charge < -0.3 is 10.1 Å². The zero-order valence-corrected chi connectivity index (χ0v) is 12.6. The number of aromatic nitrogens is 2. The molecule has 0 fully saturated rings. The number of hydrogen-bond donors (Lipinski definition) is 1. The van der Waals surface area contributed by atoms with Gasteiger partial charge in [0.15, 0.2) is 0 Å². The Kier molecular flexibility index (Phi) is 5.44. The molecule has 20 heavy (non-hydrogen) atoms. The van der Waals surface area contributed by atoms with Crippen molar-refractivity contribution in [3.63, 3.8) is 0 Å². The fourth-order valence-corrected chi connectivity index (χ4v) is 2.19. The molecule has 0 aliphatic rings. The molecule has 1 unspecified atom stereocenters. The Bertz CT molecular complexity index is 524. The van der Waals surface area contributed by atoms with Crippen LogP contribution < -0.4 is 10.1 Å². The van der Waals surface area contributed by atoms with Crippen molar-refractivity contribution < 1.29 is 4.74 Å². The fourth-order valence-electron chi connectivity index (χ4n) is 2.07. The van der Waals surface area contributed by atoms with Gasteiger partial charge in [-0.2, -0.15) is 5.10 Å². The number of benzene rings is 1. The van der Waals surface area contributed by atoms with Crippen molar-refractivity contribution in [3.8, 4) is 5.75 Å². The standard InChI is InChI=1S/C15H20ClN3O/c1-3-17-14(8-12-9-18-19(2)10-12)11-20-15-6-4-13(16)5-7-15/h4-7,9-10,14,17H,3,8,11H2,1-2H3. The lowest BCUT2D eigenvalue weighted by Crippen LogP contribution is -2.36. The van der Waals surface area contributed by atoms with Crippen molar-refractivity contribution in [2.24, 2.45) is 7.05 Å². The van der Waals surface area contributed by atoms with Gasteiger partial charge >= 0.3 is 0 Å². The summed E-state index contributed by atoms with van der Waals surface area (Å²) in [5.74, 6) is 0.837. The van der Waals surface area contributed by atoms with E-state index in [2.05, 4.69) is 17.3 Å². The maximum Gasteiger partial charge on any atom is 0.119 e. The molecular formula is C15H20ClN3O. The van der Waals surface area contributed by atoms with Crippen LogP contribution in [0.25, 0.3) is 0 Å². The number of halogens is 1. The van der Waals surface area contributed by atoms with E-state index in [4.69, 9.17) is 16.3 Å². The van der Waals surface area contributed by atoms with Gasteiger partial charge in [0, 0.05) is 24.3 Å². The largest absolute Gasteiger partial charge is 0.492 e. The highest BCUT2D eigenvalue weighted by Crippen LogP contribution is 2.16. The van der Waals surface area contributed by atoms with Gasteiger partial charge in [-0.3, -0.25) is 4.68 Å². The third-order valence-corrected chi connectivity index (χ3v) is 3.25. The normalized spacial score (nSPS) is 12.3. The highest BCUT2D eigenvalue weighted by atomic mass is 35.5. The number of likely N-dealkylation sites (N-methyl/N-ethyl adjacent to an activating group) is 1. The average molecular weight is 294 g/mol. The molecule has 1 aromatic heterocycles. The lowest BCUT2D eigenvalue weighted by molar-refractivity contribution is 0.265. The molecule has 108 valence electrons. The van der Waals surface area contributed by atoms with E-state index in [0.29, 0.717) is 6.61 Å². The minimum absolute atomic E-state index is 0.264. The first-order chi connectivity index (χ1) is 9.67. The number of nitrogens with zero attached hydrogens (tertiary/aromatic N) is 2. The van der Waals surface area contributed by atoms with Gasteiger partial charge in [-0.1, -0.05) is 18.5 Å². The Morgan fingerprint density at radius 1 is 1.35 bits per heavy atom. The average Bonchev–Trinajstić information content (AvgIpc) is 2.83. The van der Waals surface area contributed by atoms with E-state index in [-0.39, 0.29) is 6.04 Å². The zero-order valence-electron chi connectivity index (χ0n) is 11.8. The Labute approximate surface area is 124 Å². The number of hydrogen-bond acceptors (Lipinski definition) is 3. The summed E-state index contributed by atoms with van der Waals surface area (Å²) < 4.78 is 7.62. The molecule has 0 spiro atoms. The first-order valence-corrected chi connectivity index (χ1v) is 7.14. The minimum Gasteiger partial charge on any atom is -0.492 e. The number of aryl methyl sites for hydroxylation is 1. The first-order valence-electron chi connectivity index (χ1n) is 6.76. The molecule has 0 bridgehead atoms. The molecule has 1 aromatic carbocycles. The van der Waals surface area contributed by atoms with E-state index in [0.717, 1.165) is 23.7 Å². The molecule has 0 saturated heterocycles. The Morgan fingerprint density at radius 3 is 2.70 bits per heavy atom. The van der Waals surface area contributed by atoms with E-state index in [1.807, 2.05) is 48.4 Å². The number of ether oxygens (including phenoxy) is 1. The lowest BCUT2D eigenvalue weighted by Gasteiger charge is -2.18. The summed E-state index contributed by atoms with van der Waals surface area (Å²) in [6.07, 6.45) is 4.83. The van der Waals surface area contributed by atoms with Gasteiger partial charge in [-0.05, 0) is 42.8 Å². The highest BCUT2D eigenvalue weighted by Gasteiger charge is 2.10. The SMILES string of the molecule is CCNC(COc1ccc(Cl)cc1)Cc1cnn(C)c1. The first kappa shape index (κ1) is 14.9. The van der Waals surface area contributed by atoms with Crippen LogP contribution in [0.5, 0.6) is 5.75 Å². The molecule has 0 saturated carbocycles. The second-order valence-corrected chi connectivity index (χ2v) is 5.18. The van der Waals surface area contributed by atoms with Crippen LogP contribution in [-0.2, 0) is 13.5 Å². The van der Waals surface area contributed by atoms with E-state index in [1.54, 1.807) is 0 Å². The predicted octanol–water partition coefficient (Wildman–Crippen LogP) is 2.67. The van der Waals surface area contributed by atoms with Gasteiger partial charge in [0.25, 0.3) is 0 Å². The molecule has 0 radical (unpaired) electrons. The van der Waals surface area contributed by atoms with Gasteiger partial charge in [0.05, 0.1) is 6.20 Å². The lowest BCUT2D eigenvalue weighted by atomic mass is 10.1. The van der Waals surface area contributed by atoms with Crippen LogP contribution in [-0.4, -0.2) is 29.0 Å². The molecule has 2 aromatic rings. The molecule has 5 heteroatoms. The van der Waals surface area contributed by atoms with Gasteiger partial charge in [0.1, 0.15) is 12.4 Å². The zero-order chi connectivity index (χ0) is 14.4. The van der Waals surface area contributed by atoms with E-state index >= 15 is 0 Å². The summed E-state index contributed by atoms with van der Waals surface area (Å²) >= 11 is 5.86. The third-order valence-electron chi connectivity index (χ3n) is 3.00. The third kappa shape index (κ3) is 4.54. The second-order valence-electron chi connectivity index (χ2n) is 4.75. The maximum atomic E-state index is 5.86. The Balaban J connectivity index is 1.90. The van der Waals surface area contributed by atoms with Crippen molar-refractivity contribution in [1.29, 1.82) is 0 Å². The summed E-state index contributed by atoms with van der Waals surface area (Å²) in [6.45, 7) is 3.62. The van der Waals surface area contributed by atoms with Crippen LogP contribution in [0.15, 0.2) is 36.7 Å². The predicted molar refractivity (Wildman–Crippen MR) is 81.3 cm³/mol. The Hall–Kier alpha value is -1.52. The second kappa shape index (κ2) is 7.31. The Morgan fingerprint density at radius 2 is 2.10 bits per heavy atom. The van der Waals surface area contributed by atoms with Crippen molar-refractivity contribution in [2.75, 3.05) is 13.2 Å². The monoisotopic (exact) mass is 293 g/mol. The van der Waals surface area contributed by atoms with Crippen molar-refractivity contribution >= 4 is 11.6 Å².